The van der Waals surface area contributed by atoms with Gasteiger partial charge in [-0.25, -0.2) is 9.48 Å². The van der Waals surface area contributed by atoms with Crippen LogP contribution in [0.2, 0.25) is 0 Å². The minimum absolute atomic E-state index is 0.157. The van der Waals surface area contributed by atoms with Crippen LogP contribution in [0.1, 0.15) is 10.5 Å². The Hall–Kier alpha value is -3.43. The molecule has 0 aliphatic carbocycles. The largest absolute Gasteiger partial charge is 0.573 e. The van der Waals surface area contributed by atoms with Crippen molar-refractivity contribution in [2.24, 2.45) is 0 Å². The van der Waals surface area contributed by atoms with Crippen LogP contribution in [-0.2, 0) is 0 Å². The summed E-state index contributed by atoms with van der Waals surface area (Å²) in [5.41, 5.74) is 0.614. The van der Waals surface area contributed by atoms with E-state index in [2.05, 4.69) is 20.0 Å². The van der Waals surface area contributed by atoms with Gasteiger partial charge in [-0.3, -0.25) is 4.98 Å². The summed E-state index contributed by atoms with van der Waals surface area (Å²) in [4.78, 5) is 15.3. The molecule has 2 aromatic heterocycles. The van der Waals surface area contributed by atoms with Crippen molar-refractivity contribution in [1.29, 1.82) is 0 Å². The van der Waals surface area contributed by atoms with Gasteiger partial charge in [0.05, 0.1) is 5.69 Å². The Balaban J connectivity index is 2.05. The number of hydrogen-bond acceptors (Lipinski definition) is 5. The van der Waals surface area contributed by atoms with Crippen molar-refractivity contribution >= 4 is 5.97 Å². The fourth-order valence-electron chi connectivity index (χ4n) is 2.16. The van der Waals surface area contributed by atoms with Crippen LogP contribution in [0.3, 0.4) is 0 Å². The van der Waals surface area contributed by atoms with E-state index in [0.717, 1.165) is 12.1 Å². The van der Waals surface area contributed by atoms with Crippen molar-refractivity contribution in [3.8, 4) is 22.7 Å². The highest BCUT2D eigenvalue weighted by Gasteiger charge is 2.31. The molecule has 0 spiro atoms. The SMILES string of the molecule is O=C(O)c1nnn(-c2ccc(OC(F)(F)F)cc2)c1-c1cccnc1. The molecule has 25 heavy (non-hydrogen) atoms. The highest BCUT2D eigenvalue weighted by atomic mass is 19.4. The maximum absolute atomic E-state index is 12.2. The Bertz CT molecular complexity index is 893. The van der Waals surface area contributed by atoms with Gasteiger partial charge in [-0.1, -0.05) is 5.21 Å². The number of aromatic carboxylic acids is 1. The molecule has 0 bridgehead atoms. The lowest BCUT2D eigenvalue weighted by Crippen LogP contribution is -2.17. The fourth-order valence-corrected chi connectivity index (χ4v) is 2.16. The first-order valence-electron chi connectivity index (χ1n) is 6.81. The zero-order valence-corrected chi connectivity index (χ0v) is 12.3. The van der Waals surface area contributed by atoms with Gasteiger partial charge < -0.3 is 9.84 Å². The molecular formula is C15H9F3N4O3. The molecule has 2 heterocycles. The van der Waals surface area contributed by atoms with Gasteiger partial charge in [0.15, 0.2) is 5.69 Å². The summed E-state index contributed by atoms with van der Waals surface area (Å²) in [7, 11) is 0. The number of rotatable bonds is 4. The Morgan fingerprint density at radius 2 is 1.88 bits per heavy atom. The zero-order valence-electron chi connectivity index (χ0n) is 12.3. The van der Waals surface area contributed by atoms with E-state index < -0.39 is 18.1 Å². The molecule has 3 rings (SSSR count). The molecule has 0 unspecified atom stereocenters. The number of aromatic nitrogens is 4. The van der Waals surface area contributed by atoms with E-state index in [9.17, 15) is 23.1 Å². The summed E-state index contributed by atoms with van der Waals surface area (Å²) < 4.78 is 41.7. The number of pyridine rings is 1. The third-order valence-corrected chi connectivity index (χ3v) is 3.12. The number of nitrogens with zero attached hydrogens (tertiary/aromatic N) is 4. The molecule has 1 N–H and O–H groups in total. The third kappa shape index (κ3) is 3.57. The molecule has 0 radical (unpaired) electrons. The van der Waals surface area contributed by atoms with Crippen LogP contribution in [0.4, 0.5) is 13.2 Å². The molecule has 128 valence electrons. The summed E-state index contributed by atoms with van der Waals surface area (Å²) in [6.45, 7) is 0. The lowest BCUT2D eigenvalue weighted by Gasteiger charge is -2.10. The van der Waals surface area contributed by atoms with Crippen LogP contribution in [0, 0.1) is 0 Å². The summed E-state index contributed by atoms with van der Waals surface area (Å²) in [6, 6.07) is 8.03. The van der Waals surface area contributed by atoms with Crippen molar-refractivity contribution in [2.45, 2.75) is 6.36 Å². The molecule has 0 saturated carbocycles. The number of ether oxygens (including phenoxy) is 1. The average molecular weight is 350 g/mol. The van der Waals surface area contributed by atoms with Crippen LogP contribution in [0.5, 0.6) is 5.75 Å². The van der Waals surface area contributed by atoms with Gasteiger partial charge in [0.1, 0.15) is 11.4 Å². The summed E-state index contributed by atoms with van der Waals surface area (Å²) in [5.74, 6) is -1.69. The molecule has 0 fully saturated rings. The number of halogens is 3. The maximum atomic E-state index is 12.2. The molecular weight excluding hydrogens is 341 g/mol. The van der Waals surface area contributed by atoms with Crippen LogP contribution < -0.4 is 4.74 Å². The predicted molar refractivity (Wildman–Crippen MR) is 78.2 cm³/mol. The van der Waals surface area contributed by atoms with E-state index in [1.165, 1.54) is 29.2 Å². The highest BCUT2D eigenvalue weighted by molar-refractivity contribution is 5.92. The number of alkyl halides is 3. The van der Waals surface area contributed by atoms with Gasteiger partial charge in [0.2, 0.25) is 0 Å². The number of carbonyl (C=O) groups is 1. The molecule has 0 saturated heterocycles. The van der Waals surface area contributed by atoms with Gasteiger partial charge in [-0.2, -0.15) is 0 Å². The van der Waals surface area contributed by atoms with Gasteiger partial charge in [-0.15, -0.1) is 18.3 Å². The Morgan fingerprint density at radius 3 is 2.44 bits per heavy atom. The lowest BCUT2D eigenvalue weighted by molar-refractivity contribution is -0.274. The van der Waals surface area contributed by atoms with Crippen LogP contribution in [0.25, 0.3) is 16.9 Å². The van der Waals surface area contributed by atoms with Crippen molar-refractivity contribution in [2.75, 3.05) is 0 Å². The molecule has 0 aliphatic heterocycles. The Kier molecular flexibility index (Phi) is 4.09. The molecule has 7 nitrogen and oxygen atoms in total. The van der Waals surface area contributed by atoms with Crippen molar-refractivity contribution in [3.05, 3.63) is 54.5 Å². The number of carboxylic acids is 1. The standard InChI is InChI=1S/C15H9F3N4O3/c16-15(17,18)25-11-5-3-10(4-6-11)22-13(9-2-1-7-19-8-9)12(14(23)24)20-21-22/h1-8H,(H,23,24). The molecule has 1 aromatic carbocycles. The van der Waals surface area contributed by atoms with E-state index in [-0.39, 0.29) is 11.4 Å². The van der Waals surface area contributed by atoms with Gasteiger partial charge in [0.25, 0.3) is 0 Å². The van der Waals surface area contributed by atoms with E-state index >= 15 is 0 Å². The first-order chi connectivity index (χ1) is 11.8. The third-order valence-electron chi connectivity index (χ3n) is 3.12. The second-order valence-electron chi connectivity index (χ2n) is 4.79. The van der Waals surface area contributed by atoms with Crippen molar-refractivity contribution in [3.63, 3.8) is 0 Å². The van der Waals surface area contributed by atoms with E-state index in [1.807, 2.05) is 0 Å². The fraction of sp³-hybridized carbons (Fsp3) is 0.0667. The number of hydrogen-bond donors (Lipinski definition) is 1. The first-order valence-corrected chi connectivity index (χ1v) is 6.81. The van der Waals surface area contributed by atoms with Gasteiger partial charge in [0, 0.05) is 18.0 Å². The van der Waals surface area contributed by atoms with Gasteiger partial charge in [-0.05, 0) is 36.4 Å². The van der Waals surface area contributed by atoms with Crippen LogP contribution >= 0.6 is 0 Å². The molecule has 3 aromatic rings. The predicted octanol–water partition coefficient (Wildman–Crippen LogP) is 2.93. The average Bonchev–Trinajstić information content (AvgIpc) is 3.00. The van der Waals surface area contributed by atoms with E-state index in [4.69, 9.17) is 0 Å². The van der Waals surface area contributed by atoms with Crippen LogP contribution in [-0.4, -0.2) is 37.4 Å². The first kappa shape index (κ1) is 16.4. The molecule has 0 aliphatic rings. The molecule has 0 atom stereocenters. The highest BCUT2D eigenvalue weighted by Crippen LogP contribution is 2.27. The topological polar surface area (TPSA) is 90.1 Å². The molecule has 0 amide bonds. The normalized spacial score (nSPS) is 11.3. The summed E-state index contributed by atoms with van der Waals surface area (Å²) in [6.07, 6.45) is -1.85. The second-order valence-corrected chi connectivity index (χ2v) is 4.79. The second kappa shape index (κ2) is 6.23. The number of benzene rings is 1. The van der Waals surface area contributed by atoms with Crippen molar-refractivity contribution < 1.29 is 27.8 Å². The van der Waals surface area contributed by atoms with E-state index in [0.29, 0.717) is 11.3 Å². The summed E-state index contributed by atoms with van der Waals surface area (Å²) in [5, 5.41) is 16.7. The van der Waals surface area contributed by atoms with Gasteiger partial charge >= 0.3 is 12.3 Å². The zero-order chi connectivity index (χ0) is 18.0. The lowest BCUT2D eigenvalue weighted by atomic mass is 10.1. The minimum Gasteiger partial charge on any atom is -0.476 e. The summed E-state index contributed by atoms with van der Waals surface area (Å²) >= 11 is 0. The monoisotopic (exact) mass is 350 g/mol. The smallest absolute Gasteiger partial charge is 0.476 e. The number of carboxylic acid groups (broad SMARTS) is 1. The minimum atomic E-state index is -4.80. The van der Waals surface area contributed by atoms with E-state index in [1.54, 1.807) is 12.1 Å². The maximum Gasteiger partial charge on any atom is 0.573 e. The quantitative estimate of drug-likeness (QED) is 0.778. The van der Waals surface area contributed by atoms with Crippen LogP contribution in [0.15, 0.2) is 48.8 Å². The Morgan fingerprint density at radius 1 is 1.16 bits per heavy atom. The Labute approximate surface area is 138 Å². The molecule has 10 heteroatoms. The van der Waals surface area contributed by atoms with Crippen molar-refractivity contribution in [1.82, 2.24) is 20.0 Å².